The summed E-state index contributed by atoms with van der Waals surface area (Å²) in [6, 6.07) is 0. The Morgan fingerprint density at radius 2 is 2.08 bits per heavy atom. The molecule has 0 unspecified atom stereocenters. The largest absolute Gasteiger partial charge is 1.00 e. The van der Waals surface area contributed by atoms with Crippen LogP contribution in [0, 0.1) is 11.3 Å². The van der Waals surface area contributed by atoms with E-state index in [0.29, 0.717) is 0 Å². The molecule has 128 valence electrons. The molecule has 2 amide bonds. The van der Waals surface area contributed by atoms with Crippen LogP contribution in [0.25, 0.3) is 0 Å². The van der Waals surface area contributed by atoms with E-state index >= 15 is 0 Å². The molecule has 2 aliphatic heterocycles. The zero-order chi connectivity index (χ0) is 17.5. The number of fused-ring (bicyclic) bond motifs is 1. The smallest absolute Gasteiger partial charge is 0.543 e. The van der Waals surface area contributed by atoms with Crippen LogP contribution in [0.1, 0.15) is 20.8 Å². The maximum atomic E-state index is 12.1. The van der Waals surface area contributed by atoms with Crippen LogP contribution in [0.2, 0.25) is 0 Å². The van der Waals surface area contributed by atoms with Crippen molar-refractivity contribution in [1.82, 2.24) is 10.2 Å². The van der Waals surface area contributed by atoms with Crippen molar-refractivity contribution in [3.05, 3.63) is 11.5 Å². The van der Waals surface area contributed by atoms with E-state index in [1.165, 1.54) is 14.0 Å². The van der Waals surface area contributed by atoms with Crippen LogP contribution >= 0.6 is 0 Å². The average Bonchev–Trinajstić information content (AvgIpc) is 2.80. The first-order valence-corrected chi connectivity index (χ1v) is 7.07. The molecule has 0 radical (unpaired) electrons. The van der Waals surface area contributed by atoms with E-state index < -0.39 is 41.6 Å². The van der Waals surface area contributed by atoms with Crippen LogP contribution in [-0.4, -0.2) is 54.0 Å². The number of carboxylic acid groups (broad SMARTS) is 1. The summed E-state index contributed by atoms with van der Waals surface area (Å²) in [5, 5.41) is 23.5. The summed E-state index contributed by atoms with van der Waals surface area (Å²) in [6.45, 7) is 4.76. The first-order valence-electron chi connectivity index (χ1n) is 7.07. The molecule has 1 fully saturated rings. The molecule has 10 heteroatoms. The Balaban J connectivity index is 0.00000288. The Morgan fingerprint density at radius 3 is 2.54 bits per heavy atom. The van der Waals surface area contributed by atoms with E-state index in [4.69, 9.17) is 4.74 Å². The Kier molecular flexibility index (Phi) is 6.87. The molecular formula is C14H19KN2O7. The SMILES string of the molecule is COC(=O)NCC(C)(C)C1=C(C(=O)[O-])N2C(=O)[C@H]([C@@H](C)O)[C@H]2O1.[K+]. The van der Waals surface area contributed by atoms with Gasteiger partial charge in [0.25, 0.3) is 0 Å². The van der Waals surface area contributed by atoms with Crippen molar-refractivity contribution in [1.29, 1.82) is 0 Å². The van der Waals surface area contributed by atoms with Gasteiger partial charge in [0.2, 0.25) is 5.91 Å². The summed E-state index contributed by atoms with van der Waals surface area (Å²) >= 11 is 0. The fourth-order valence-electron chi connectivity index (χ4n) is 2.70. The van der Waals surface area contributed by atoms with Gasteiger partial charge in [-0.3, -0.25) is 9.69 Å². The second-order valence-corrected chi connectivity index (χ2v) is 6.18. The molecule has 2 heterocycles. The molecule has 1 saturated heterocycles. The predicted molar refractivity (Wildman–Crippen MR) is 73.1 cm³/mol. The minimum absolute atomic E-state index is 0. The zero-order valence-electron chi connectivity index (χ0n) is 14.3. The number of carbonyl (C=O) groups is 3. The van der Waals surface area contributed by atoms with E-state index in [9.17, 15) is 24.6 Å². The maximum absolute atomic E-state index is 12.1. The molecule has 0 aromatic carbocycles. The van der Waals surface area contributed by atoms with Gasteiger partial charge in [0.1, 0.15) is 17.4 Å². The minimum Gasteiger partial charge on any atom is -0.543 e. The predicted octanol–water partition coefficient (Wildman–Crippen LogP) is -4.47. The number of carboxylic acids is 1. The first-order chi connectivity index (χ1) is 10.6. The van der Waals surface area contributed by atoms with E-state index in [-0.39, 0.29) is 69.4 Å². The van der Waals surface area contributed by atoms with Gasteiger partial charge in [-0.25, -0.2) is 4.79 Å². The molecule has 0 aliphatic carbocycles. The van der Waals surface area contributed by atoms with Gasteiger partial charge in [0, 0.05) is 12.0 Å². The number of hydrogen-bond acceptors (Lipinski definition) is 7. The summed E-state index contributed by atoms with van der Waals surface area (Å²) in [4.78, 5) is 35.7. The number of alkyl carbamates (subject to hydrolysis) is 1. The molecule has 3 atom stereocenters. The molecule has 2 N–H and O–H groups in total. The Hall–Kier alpha value is -0.654. The van der Waals surface area contributed by atoms with Crippen LogP contribution in [0.5, 0.6) is 0 Å². The topological polar surface area (TPSA) is 128 Å². The normalized spacial score (nSPS) is 23.5. The van der Waals surface area contributed by atoms with Crippen LogP contribution in [0.4, 0.5) is 4.79 Å². The molecule has 24 heavy (non-hydrogen) atoms. The fourth-order valence-corrected chi connectivity index (χ4v) is 2.70. The fraction of sp³-hybridized carbons (Fsp3) is 0.643. The summed E-state index contributed by atoms with van der Waals surface area (Å²) in [7, 11) is 1.21. The molecule has 0 bridgehead atoms. The first kappa shape index (κ1) is 21.4. The van der Waals surface area contributed by atoms with Crippen molar-refractivity contribution >= 4 is 18.0 Å². The van der Waals surface area contributed by atoms with E-state index in [1.54, 1.807) is 13.8 Å². The molecule has 0 saturated carbocycles. The number of aliphatic hydroxyl groups is 1. The van der Waals surface area contributed by atoms with Gasteiger partial charge in [-0.05, 0) is 6.92 Å². The Bertz CT molecular complexity index is 588. The third kappa shape index (κ3) is 3.63. The van der Waals surface area contributed by atoms with Gasteiger partial charge in [0.05, 0.1) is 19.2 Å². The number of amides is 2. The molecule has 0 spiro atoms. The number of rotatable bonds is 5. The summed E-state index contributed by atoms with van der Waals surface area (Å²) in [5.74, 6) is -2.89. The quantitative estimate of drug-likeness (QED) is 0.371. The molecule has 2 rings (SSSR count). The molecule has 9 nitrogen and oxygen atoms in total. The zero-order valence-corrected chi connectivity index (χ0v) is 17.4. The van der Waals surface area contributed by atoms with Crippen molar-refractivity contribution < 1.29 is 85.5 Å². The summed E-state index contributed by atoms with van der Waals surface area (Å²) in [5.41, 5.74) is -1.29. The second-order valence-electron chi connectivity index (χ2n) is 6.18. The van der Waals surface area contributed by atoms with E-state index in [1.807, 2.05) is 0 Å². The third-order valence-corrected chi connectivity index (χ3v) is 3.97. The standard InChI is InChI=1S/C14H20N2O7.K/c1-6(17)7-10(18)16-8(12(19)20)9(23-11(7)16)14(2,3)5-15-13(21)22-4;/h6-7,11,17H,5H2,1-4H3,(H,15,21)(H,19,20);/q;+1/p-1/t6-,7+,11-;/m1./s1. The van der Waals surface area contributed by atoms with Gasteiger partial charge >= 0.3 is 57.5 Å². The number of nitrogens with zero attached hydrogens (tertiary/aromatic N) is 1. The Labute approximate surface area is 181 Å². The van der Waals surface area contributed by atoms with Crippen molar-refractivity contribution in [2.45, 2.75) is 33.1 Å². The van der Waals surface area contributed by atoms with Gasteiger partial charge in [-0.15, -0.1) is 0 Å². The summed E-state index contributed by atoms with van der Waals surface area (Å²) in [6.07, 6.45) is -2.52. The van der Waals surface area contributed by atoms with Gasteiger partial charge < -0.3 is 29.8 Å². The van der Waals surface area contributed by atoms with Crippen molar-refractivity contribution in [3.8, 4) is 0 Å². The number of carbonyl (C=O) groups excluding carboxylic acids is 3. The van der Waals surface area contributed by atoms with Crippen molar-refractivity contribution in [2.24, 2.45) is 11.3 Å². The summed E-state index contributed by atoms with van der Waals surface area (Å²) < 4.78 is 10.1. The molecule has 0 aromatic heterocycles. The number of hydrogen-bond donors (Lipinski definition) is 2. The van der Waals surface area contributed by atoms with Crippen LogP contribution < -0.4 is 61.8 Å². The second kappa shape index (κ2) is 7.71. The van der Waals surface area contributed by atoms with Crippen LogP contribution in [-0.2, 0) is 19.1 Å². The Morgan fingerprint density at radius 1 is 1.50 bits per heavy atom. The number of β-lactam (4-membered cyclic amide) rings is 1. The molecular weight excluding hydrogens is 347 g/mol. The maximum Gasteiger partial charge on any atom is 1.00 e. The van der Waals surface area contributed by atoms with E-state index in [0.717, 1.165) is 4.90 Å². The average molecular weight is 366 g/mol. The number of aliphatic carboxylic acids is 1. The molecule has 0 aromatic rings. The minimum atomic E-state index is -1.55. The van der Waals surface area contributed by atoms with Crippen molar-refractivity contribution in [3.63, 3.8) is 0 Å². The third-order valence-electron chi connectivity index (χ3n) is 3.97. The molecule has 2 aliphatic rings. The number of nitrogens with one attached hydrogen (secondary N) is 1. The van der Waals surface area contributed by atoms with Gasteiger partial charge in [-0.2, -0.15) is 0 Å². The van der Waals surface area contributed by atoms with Gasteiger partial charge in [0.15, 0.2) is 6.23 Å². The van der Waals surface area contributed by atoms with E-state index in [2.05, 4.69) is 10.1 Å². The number of aliphatic hydroxyl groups excluding tert-OH is 1. The van der Waals surface area contributed by atoms with Crippen molar-refractivity contribution in [2.75, 3.05) is 13.7 Å². The van der Waals surface area contributed by atoms with Crippen LogP contribution in [0.15, 0.2) is 11.5 Å². The van der Waals surface area contributed by atoms with Crippen LogP contribution in [0.3, 0.4) is 0 Å². The number of ether oxygens (including phenoxy) is 2. The monoisotopic (exact) mass is 366 g/mol. The number of methoxy groups -OCH3 is 1. The van der Waals surface area contributed by atoms with Gasteiger partial charge in [-0.1, -0.05) is 13.8 Å².